The highest BCUT2D eigenvalue weighted by molar-refractivity contribution is 5.30. The Hall–Kier alpha value is -1.84. The Labute approximate surface area is 164 Å². The van der Waals surface area contributed by atoms with E-state index in [0.717, 1.165) is 6.61 Å². The molecular formula is C24H33NO2. The zero-order valence-electron chi connectivity index (χ0n) is 16.6. The molecule has 0 saturated carbocycles. The van der Waals surface area contributed by atoms with Crippen LogP contribution < -0.4 is 0 Å². The highest BCUT2D eigenvalue weighted by Gasteiger charge is 2.37. The summed E-state index contributed by atoms with van der Waals surface area (Å²) in [6.45, 7) is 3.45. The van der Waals surface area contributed by atoms with E-state index < -0.39 is 0 Å². The molecule has 2 heterocycles. The van der Waals surface area contributed by atoms with Crippen molar-refractivity contribution >= 4 is 0 Å². The third-order valence-corrected chi connectivity index (χ3v) is 5.85. The maximum Gasteiger partial charge on any atom is 0.115 e. The number of ether oxygens (including phenoxy) is 1. The molecule has 1 spiro atoms. The molecular weight excluding hydrogens is 334 g/mol. The topological polar surface area (TPSA) is 32.7 Å². The molecule has 0 radical (unpaired) electrons. The molecule has 0 aromatic heterocycles. The number of piperidine rings is 1. The van der Waals surface area contributed by atoms with Crippen LogP contribution >= 0.6 is 0 Å². The number of aromatic hydroxyl groups is 1. The van der Waals surface area contributed by atoms with Crippen molar-refractivity contribution in [3.63, 3.8) is 0 Å². The number of aryl methyl sites for hydroxylation is 2. The summed E-state index contributed by atoms with van der Waals surface area (Å²) in [4.78, 5) is 2.40. The SMILES string of the molecule is CN1CCC2(CCCO2)CC1.Oc1ccccc1.c1ccc2c(c1)CCC2. The van der Waals surface area contributed by atoms with Gasteiger partial charge in [-0.25, -0.2) is 0 Å². The number of phenolic OH excluding ortho intramolecular Hbond substituents is 1. The summed E-state index contributed by atoms with van der Waals surface area (Å²) in [6, 6.07) is 17.4. The normalized spacial score (nSPS) is 20.2. The van der Waals surface area contributed by atoms with Gasteiger partial charge < -0.3 is 14.7 Å². The van der Waals surface area contributed by atoms with Crippen molar-refractivity contribution in [3.05, 3.63) is 65.7 Å². The van der Waals surface area contributed by atoms with Crippen molar-refractivity contribution in [3.8, 4) is 5.75 Å². The molecule has 2 aromatic carbocycles. The number of hydrogen-bond acceptors (Lipinski definition) is 3. The van der Waals surface area contributed by atoms with Crippen LogP contribution in [0.1, 0.15) is 43.2 Å². The molecule has 1 N–H and O–H groups in total. The zero-order chi connectivity index (χ0) is 19.0. The molecule has 27 heavy (non-hydrogen) atoms. The monoisotopic (exact) mass is 367 g/mol. The van der Waals surface area contributed by atoms with Gasteiger partial charge in [0.05, 0.1) is 5.60 Å². The second-order valence-electron chi connectivity index (χ2n) is 7.90. The van der Waals surface area contributed by atoms with E-state index in [1.54, 1.807) is 35.4 Å². The average molecular weight is 368 g/mol. The fourth-order valence-corrected chi connectivity index (χ4v) is 4.12. The molecule has 3 aliphatic rings. The van der Waals surface area contributed by atoms with Crippen molar-refractivity contribution in [1.29, 1.82) is 0 Å². The van der Waals surface area contributed by atoms with Gasteiger partial charge in [-0.05, 0) is 75.3 Å². The number of rotatable bonds is 0. The van der Waals surface area contributed by atoms with E-state index in [9.17, 15) is 0 Å². The van der Waals surface area contributed by atoms with E-state index in [4.69, 9.17) is 9.84 Å². The predicted molar refractivity (Wildman–Crippen MR) is 111 cm³/mol. The summed E-state index contributed by atoms with van der Waals surface area (Å²) in [5.41, 5.74) is 3.45. The third kappa shape index (κ3) is 6.08. The average Bonchev–Trinajstić information content (AvgIpc) is 3.36. The minimum atomic E-state index is 0.312. The summed E-state index contributed by atoms with van der Waals surface area (Å²) in [5, 5.41) is 8.63. The van der Waals surface area contributed by atoms with E-state index in [-0.39, 0.29) is 0 Å². The molecule has 3 heteroatoms. The van der Waals surface area contributed by atoms with E-state index in [2.05, 4.69) is 36.2 Å². The van der Waals surface area contributed by atoms with E-state index >= 15 is 0 Å². The van der Waals surface area contributed by atoms with Crippen LogP contribution in [0.25, 0.3) is 0 Å². The molecule has 0 unspecified atom stereocenters. The number of para-hydroxylation sites is 1. The Bertz CT molecular complexity index is 647. The number of nitrogens with zero attached hydrogens (tertiary/aromatic N) is 1. The molecule has 1 aliphatic carbocycles. The second kappa shape index (κ2) is 9.91. The maximum atomic E-state index is 8.63. The minimum absolute atomic E-state index is 0.312. The van der Waals surface area contributed by atoms with Gasteiger partial charge in [-0.3, -0.25) is 0 Å². The lowest BCUT2D eigenvalue weighted by Crippen LogP contribution is -2.42. The molecule has 0 bridgehead atoms. The highest BCUT2D eigenvalue weighted by atomic mass is 16.5. The number of hydrogen-bond donors (Lipinski definition) is 1. The molecule has 0 atom stereocenters. The van der Waals surface area contributed by atoms with Crippen molar-refractivity contribution in [1.82, 2.24) is 4.90 Å². The van der Waals surface area contributed by atoms with Crippen LogP contribution in [-0.4, -0.2) is 42.4 Å². The van der Waals surface area contributed by atoms with Gasteiger partial charge in [-0.15, -0.1) is 0 Å². The Morgan fingerprint density at radius 2 is 1.41 bits per heavy atom. The molecule has 146 valence electrons. The number of phenols is 1. The molecule has 2 saturated heterocycles. The van der Waals surface area contributed by atoms with Crippen molar-refractivity contribution in [2.45, 2.75) is 50.5 Å². The second-order valence-corrected chi connectivity index (χ2v) is 7.90. The zero-order valence-corrected chi connectivity index (χ0v) is 16.6. The summed E-state index contributed by atoms with van der Waals surface area (Å²) in [6.07, 6.45) is 9.06. The van der Waals surface area contributed by atoms with Crippen LogP contribution in [0.2, 0.25) is 0 Å². The Morgan fingerprint density at radius 1 is 0.815 bits per heavy atom. The molecule has 3 nitrogen and oxygen atoms in total. The van der Waals surface area contributed by atoms with Crippen LogP contribution in [0, 0.1) is 0 Å². The lowest BCUT2D eigenvalue weighted by molar-refractivity contribution is -0.0390. The smallest absolute Gasteiger partial charge is 0.115 e. The standard InChI is InChI=1S/C9H17NO.C9H10.C6H6O/c1-10-6-4-9(5-7-10)3-2-8-11-9;1-2-5-9-7-3-6-8(9)4-1;7-6-4-2-1-3-5-6/h2-8H2,1H3;1-2,4-5H,3,6-7H2;1-5,7H. The molecule has 2 aliphatic heterocycles. The van der Waals surface area contributed by atoms with Crippen LogP contribution in [-0.2, 0) is 17.6 Å². The Morgan fingerprint density at radius 3 is 1.89 bits per heavy atom. The Kier molecular flexibility index (Phi) is 7.31. The molecule has 2 fully saturated rings. The van der Waals surface area contributed by atoms with Gasteiger partial charge in [-0.2, -0.15) is 0 Å². The first kappa shape index (κ1) is 19.9. The van der Waals surface area contributed by atoms with Crippen LogP contribution in [0.3, 0.4) is 0 Å². The summed E-state index contributed by atoms with van der Waals surface area (Å²) in [5.74, 6) is 0.322. The van der Waals surface area contributed by atoms with Gasteiger partial charge in [0.15, 0.2) is 0 Å². The third-order valence-electron chi connectivity index (χ3n) is 5.85. The summed E-state index contributed by atoms with van der Waals surface area (Å²) < 4.78 is 5.80. The predicted octanol–water partition coefficient (Wildman–Crippen LogP) is 4.83. The molecule has 0 amide bonds. The van der Waals surface area contributed by atoms with Crippen molar-refractivity contribution in [2.24, 2.45) is 0 Å². The summed E-state index contributed by atoms with van der Waals surface area (Å²) in [7, 11) is 2.20. The van der Waals surface area contributed by atoms with Crippen LogP contribution in [0.15, 0.2) is 54.6 Å². The van der Waals surface area contributed by atoms with Crippen LogP contribution in [0.5, 0.6) is 5.75 Å². The number of fused-ring (bicyclic) bond motifs is 1. The molecule has 5 rings (SSSR count). The quantitative estimate of drug-likeness (QED) is 0.724. The van der Waals surface area contributed by atoms with E-state index in [0.29, 0.717) is 11.4 Å². The Balaban J connectivity index is 0.000000120. The van der Waals surface area contributed by atoms with Gasteiger partial charge in [0.25, 0.3) is 0 Å². The van der Waals surface area contributed by atoms with E-state index in [1.807, 2.05) is 6.07 Å². The van der Waals surface area contributed by atoms with Gasteiger partial charge in [-0.1, -0.05) is 42.5 Å². The number of likely N-dealkylation sites (tertiary alicyclic amines) is 1. The van der Waals surface area contributed by atoms with Gasteiger partial charge >= 0.3 is 0 Å². The fraction of sp³-hybridized carbons (Fsp3) is 0.500. The fourth-order valence-electron chi connectivity index (χ4n) is 4.12. The number of benzene rings is 2. The minimum Gasteiger partial charge on any atom is -0.508 e. The first-order chi connectivity index (χ1) is 13.2. The first-order valence-electron chi connectivity index (χ1n) is 10.3. The lowest BCUT2D eigenvalue weighted by atomic mass is 9.89. The van der Waals surface area contributed by atoms with Crippen molar-refractivity contribution < 1.29 is 9.84 Å². The van der Waals surface area contributed by atoms with Gasteiger partial charge in [0, 0.05) is 19.7 Å². The maximum absolute atomic E-state index is 8.63. The van der Waals surface area contributed by atoms with Crippen LogP contribution in [0.4, 0.5) is 0 Å². The van der Waals surface area contributed by atoms with Gasteiger partial charge in [0.1, 0.15) is 5.75 Å². The van der Waals surface area contributed by atoms with Crippen molar-refractivity contribution in [2.75, 3.05) is 26.7 Å². The van der Waals surface area contributed by atoms with E-state index in [1.165, 1.54) is 58.0 Å². The first-order valence-corrected chi connectivity index (χ1v) is 10.3. The largest absolute Gasteiger partial charge is 0.508 e. The lowest BCUT2D eigenvalue weighted by Gasteiger charge is -2.36. The molecule has 2 aromatic rings. The summed E-state index contributed by atoms with van der Waals surface area (Å²) >= 11 is 0. The van der Waals surface area contributed by atoms with Gasteiger partial charge in [0.2, 0.25) is 0 Å². The highest BCUT2D eigenvalue weighted by Crippen LogP contribution is 2.35.